The van der Waals surface area contributed by atoms with Crippen molar-refractivity contribution in [3.05, 3.63) is 48.0 Å². The lowest BCUT2D eigenvalue weighted by atomic mass is 9.97. The summed E-state index contributed by atoms with van der Waals surface area (Å²) < 4.78 is 20.5. The Kier molecular flexibility index (Phi) is 12.6. The highest BCUT2D eigenvalue weighted by molar-refractivity contribution is 6.04. The molecule has 37 heavy (non-hydrogen) atoms. The van der Waals surface area contributed by atoms with Crippen molar-refractivity contribution < 1.29 is 48.0 Å². The van der Waals surface area contributed by atoms with E-state index >= 15 is 0 Å². The van der Waals surface area contributed by atoms with Gasteiger partial charge < -0.3 is 24.1 Å². The number of amides is 2. The lowest BCUT2D eigenvalue weighted by Crippen LogP contribution is -2.45. The van der Waals surface area contributed by atoms with Crippen molar-refractivity contribution in [1.82, 2.24) is 4.90 Å². The molecule has 3 atom stereocenters. The first kappa shape index (κ1) is 29.8. The van der Waals surface area contributed by atoms with Crippen LogP contribution in [0.25, 0.3) is 0 Å². The van der Waals surface area contributed by atoms with Gasteiger partial charge in [0.05, 0.1) is 32.3 Å². The summed E-state index contributed by atoms with van der Waals surface area (Å²) in [4.78, 5) is 63.1. The van der Waals surface area contributed by atoms with Gasteiger partial charge in [0.2, 0.25) is 5.91 Å². The number of rotatable bonds is 16. The van der Waals surface area contributed by atoms with Crippen molar-refractivity contribution in [3.8, 4) is 0 Å². The molecule has 0 spiro atoms. The second-order valence-electron chi connectivity index (χ2n) is 8.28. The second-order valence-corrected chi connectivity index (χ2v) is 8.28. The maximum atomic E-state index is 13.2. The Morgan fingerprint density at radius 1 is 1.08 bits per heavy atom. The molecule has 1 fully saturated rings. The number of hydrogen-bond donors (Lipinski definition) is 1. The molecule has 0 saturated carbocycles. The molecule has 11 heteroatoms. The summed E-state index contributed by atoms with van der Waals surface area (Å²) >= 11 is 0. The van der Waals surface area contributed by atoms with Gasteiger partial charge in [-0.3, -0.25) is 19.2 Å². The Morgan fingerprint density at radius 3 is 2.41 bits per heavy atom. The number of aliphatic hydroxyl groups is 1. The highest BCUT2D eigenvalue weighted by atomic mass is 16.6. The average molecular weight is 520 g/mol. The first-order valence-corrected chi connectivity index (χ1v) is 12.0. The molecule has 1 saturated heterocycles. The molecule has 1 heterocycles. The van der Waals surface area contributed by atoms with E-state index in [-0.39, 0.29) is 32.0 Å². The molecule has 0 radical (unpaired) electrons. The first-order chi connectivity index (χ1) is 17.8. The minimum atomic E-state index is -1.53. The van der Waals surface area contributed by atoms with Crippen LogP contribution in [-0.2, 0) is 38.1 Å². The Balaban J connectivity index is 1.97. The minimum absolute atomic E-state index is 0.0404. The van der Waals surface area contributed by atoms with Crippen molar-refractivity contribution in [3.63, 3.8) is 0 Å². The van der Waals surface area contributed by atoms with Crippen LogP contribution in [0.2, 0.25) is 0 Å². The number of benzene rings is 1. The molecule has 2 rings (SSSR count). The largest absolute Gasteiger partial charge is 0.453 e. The number of imide groups is 1. The van der Waals surface area contributed by atoms with Crippen molar-refractivity contribution in [2.24, 2.45) is 5.92 Å². The molecule has 11 nitrogen and oxygen atoms in total. The van der Waals surface area contributed by atoms with Gasteiger partial charge in [0.1, 0.15) is 12.6 Å². The maximum absolute atomic E-state index is 13.2. The van der Waals surface area contributed by atoms with Gasteiger partial charge in [-0.05, 0) is 31.1 Å². The number of carbonyl (C=O) groups excluding carboxylic acids is 5. The predicted octanol–water partition coefficient (Wildman–Crippen LogP) is 1.77. The van der Waals surface area contributed by atoms with E-state index < -0.39 is 41.8 Å². The highest BCUT2D eigenvalue weighted by Gasteiger charge is 2.44. The zero-order valence-electron chi connectivity index (χ0n) is 21.0. The van der Waals surface area contributed by atoms with Crippen molar-refractivity contribution in [2.45, 2.75) is 38.8 Å². The number of ether oxygens (including phenoxy) is 4. The molecular formula is C26H33NO10. The second kappa shape index (κ2) is 15.6. The summed E-state index contributed by atoms with van der Waals surface area (Å²) in [5.74, 6) is -3.85. The van der Waals surface area contributed by atoms with Gasteiger partial charge in [0, 0.05) is 20.0 Å². The van der Waals surface area contributed by atoms with Crippen LogP contribution in [0, 0.1) is 5.92 Å². The minimum Gasteiger partial charge on any atom is -0.453 e. The van der Waals surface area contributed by atoms with Gasteiger partial charge >= 0.3 is 12.1 Å². The number of aliphatic hydroxyl groups excluding tert-OH is 1. The maximum Gasteiger partial charge on any atom is 0.417 e. The number of nitrogens with zero attached hydrogens (tertiary/aromatic N) is 1. The molecule has 1 aliphatic heterocycles. The van der Waals surface area contributed by atoms with E-state index in [1.807, 2.05) is 0 Å². The molecule has 0 aromatic heterocycles. The number of hydrogen-bond acceptors (Lipinski definition) is 10. The normalized spacial score (nSPS) is 16.9. The fourth-order valence-electron chi connectivity index (χ4n) is 3.61. The van der Waals surface area contributed by atoms with Crippen molar-refractivity contribution in [2.75, 3.05) is 39.6 Å². The van der Waals surface area contributed by atoms with E-state index in [4.69, 9.17) is 24.1 Å². The predicted molar refractivity (Wildman–Crippen MR) is 129 cm³/mol. The lowest BCUT2D eigenvalue weighted by molar-refractivity contribution is -0.158. The Labute approximate surface area is 215 Å². The van der Waals surface area contributed by atoms with Crippen LogP contribution in [0.3, 0.4) is 0 Å². The van der Waals surface area contributed by atoms with Crippen LogP contribution in [0.15, 0.2) is 42.5 Å². The summed E-state index contributed by atoms with van der Waals surface area (Å²) in [6.45, 7) is 3.57. The van der Waals surface area contributed by atoms with Crippen LogP contribution < -0.4 is 0 Å². The average Bonchev–Trinajstić information content (AvgIpc) is 3.28. The monoisotopic (exact) mass is 519 g/mol. The van der Waals surface area contributed by atoms with Gasteiger partial charge in [-0.2, -0.15) is 0 Å². The topological polar surface area (TPSA) is 146 Å². The summed E-state index contributed by atoms with van der Waals surface area (Å²) in [5.41, 5.74) is 0.677. The van der Waals surface area contributed by atoms with Crippen LogP contribution in [0.4, 0.5) is 4.79 Å². The molecule has 0 aliphatic carbocycles. The van der Waals surface area contributed by atoms with Crippen LogP contribution in [0.1, 0.15) is 38.3 Å². The molecule has 0 unspecified atom stereocenters. The quantitative estimate of drug-likeness (QED) is 0.195. The Morgan fingerprint density at radius 2 is 1.76 bits per heavy atom. The lowest BCUT2D eigenvalue weighted by Gasteiger charge is -2.26. The van der Waals surface area contributed by atoms with Crippen LogP contribution in [0.5, 0.6) is 0 Å². The zero-order valence-corrected chi connectivity index (χ0v) is 21.0. The van der Waals surface area contributed by atoms with Crippen LogP contribution >= 0.6 is 0 Å². The SMILES string of the molecule is CC(=O)O[C@H](C(=O)C=CC(=O)CCCOCCOCCO)[C@H](C)C(=O)N1C(=O)OC[C@@H]1c1ccccc1. The zero-order chi connectivity index (χ0) is 27.2. The van der Waals surface area contributed by atoms with Gasteiger partial charge in [-0.1, -0.05) is 30.3 Å². The third-order valence-electron chi connectivity index (χ3n) is 5.46. The number of allylic oxidation sites excluding steroid dienone is 1. The van der Waals surface area contributed by atoms with E-state index in [0.29, 0.717) is 31.8 Å². The standard InChI is InChI=1S/C26H33NO10/c1-18(25(32)27-22(17-36-26(27)33)20-7-4-3-5-8-20)24(37-19(2)29)23(31)11-10-21(30)9-6-13-34-15-16-35-14-12-28/h3-5,7-8,10-11,18,22,24,28H,6,9,12-17H2,1-2H3/t18-,22+,24-/m0/s1. The fourth-order valence-corrected chi connectivity index (χ4v) is 3.61. The van der Waals surface area contributed by atoms with E-state index in [2.05, 4.69) is 0 Å². The number of cyclic esters (lactones) is 1. The summed E-state index contributed by atoms with van der Waals surface area (Å²) in [6, 6.07) is 8.13. The molecule has 202 valence electrons. The first-order valence-electron chi connectivity index (χ1n) is 12.0. The number of ketones is 2. The van der Waals surface area contributed by atoms with E-state index in [1.165, 1.54) is 6.92 Å². The fraction of sp³-hybridized carbons (Fsp3) is 0.500. The molecule has 2 amide bonds. The van der Waals surface area contributed by atoms with Crippen LogP contribution in [-0.4, -0.2) is 85.3 Å². The Bertz CT molecular complexity index is 961. The molecule has 1 aromatic carbocycles. The third-order valence-corrected chi connectivity index (χ3v) is 5.46. The number of esters is 1. The molecule has 1 N–H and O–H groups in total. The van der Waals surface area contributed by atoms with Gasteiger partial charge in [-0.15, -0.1) is 0 Å². The summed E-state index contributed by atoms with van der Waals surface area (Å²) in [7, 11) is 0. The smallest absolute Gasteiger partial charge is 0.417 e. The molecule has 0 bridgehead atoms. The summed E-state index contributed by atoms with van der Waals surface area (Å²) in [6.07, 6.45) is 0.190. The molecular weight excluding hydrogens is 486 g/mol. The van der Waals surface area contributed by atoms with Gasteiger partial charge in [-0.25, -0.2) is 9.69 Å². The number of carbonyl (C=O) groups is 5. The van der Waals surface area contributed by atoms with Gasteiger partial charge in [0.25, 0.3) is 0 Å². The summed E-state index contributed by atoms with van der Waals surface area (Å²) in [5, 5.41) is 8.61. The Hall–Kier alpha value is -3.41. The third kappa shape index (κ3) is 9.52. The van der Waals surface area contributed by atoms with Crippen molar-refractivity contribution in [1.29, 1.82) is 0 Å². The molecule has 1 aliphatic rings. The molecule has 1 aromatic rings. The van der Waals surface area contributed by atoms with Crippen molar-refractivity contribution >= 4 is 29.5 Å². The van der Waals surface area contributed by atoms with E-state index in [1.54, 1.807) is 30.3 Å². The van der Waals surface area contributed by atoms with E-state index in [9.17, 15) is 24.0 Å². The highest BCUT2D eigenvalue weighted by Crippen LogP contribution is 2.30. The van der Waals surface area contributed by atoms with E-state index in [0.717, 1.165) is 24.0 Å². The van der Waals surface area contributed by atoms with Gasteiger partial charge in [0.15, 0.2) is 17.7 Å².